The SMILES string of the molecule is CCC[SiH](C)[Zr]([Cl])([Cl])([CH]1C(CC2CCCC2)=Cc2c(-c3ccc(C(C)CC)cc3)cccc21)[CH]1C(CC2CCCC2)=Cc2c(-c3ccc(C(C)CC)cc3)cccc21. The topological polar surface area (TPSA) is 0 Å². The van der Waals surface area contributed by atoms with Crippen molar-refractivity contribution in [1.29, 1.82) is 0 Å². The molecule has 0 nitrogen and oxygen atoms in total. The van der Waals surface area contributed by atoms with E-state index in [0.29, 0.717) is 11.8 Å². The van der Waals surface area contributed by atoms with Crippen LogP contribution in [0.4, 0.5) is 0 Å². The fourth-order valence-corrected chi connectivity index (χ4v) is 53.3. The zero-order valence-electron chi connectivity index (χ0n) is 36.4. The number of rotatable bonds is 15. The fraction of sp³-hybridized carbons (Fsp3) is 0.481. The Labute approximate surface area is 361 Å². The number of halogens is 2. The van der Waals surface area contributed by atoms with Gasteiger partial charge in [0.2, 0.25) is 0 Å². The van der Waals surface area contributed by atoms with Crippen molar-refractivity contribution in [2.45, 2.75) is 150 Å². The Bertz CT molecular complexity index is 1990. The van der Waals surface area contributed by atoms with E-state index >= 15 is 0 Å². The summed E-state index contributed by atoms with van der Waals surface area (Å²) in [5.74, 6) is 0.879. The molecule has 0 saturated heterocycles. The molecular formula is C54H69Cl2SiZr. The van der Waals surface area contributed by atoms with E-state index in [1.54, 1.807) is 11.1 Å². The molecule has 0 heterocycles. The second-order valence-corrected chi connectivity index (χ2v) is 60.7. The van der Waals surface area contributed by atoms with E-state index in [-0.39, 0.29) is 7.25 Å². The first-order valence-corrected chi connectivity index (χ1v) is 39.5. The van der Waals surface area contributed by atoms with Gasteiger partial charge in [0.05, 0.1) is 0 Å². The zero-order valence-corrected chi connectivity index (χ0v) is 41.6. The fourth-order valence-electron chi connectivity index (χ4n) is 12.1. The molecule has 8 rings (SSSR count). The van der Waals surface area contributed by atoms with Gasteiger partial charge in [0.15, 0.2) is 0 Å². The Balaban J connectivity index is 1.32. The van der Waals surface area contributed by atoms with Crippen molar-refractivity contribution in [1.82, 2.24) is 0 Å². The Morgan fingerprint density at radius 2 is 0.983 bits per heavy atom. The monoisotopic (exact) mass is 905 g/mol. The van der Waals surface area contributed by atoms with Crippen LogP contribution in [0.15, 0.2) is 96.1 Å². The van der Waals surface area contributed by atoms with Gasteiger partial charge in [0, 0.05) is 0 Å². The number of allylic oxidation sites excluding steroid dienone is 2. The predicted octanol–water partition coefficient (Wildman–Crippen LogP) is 17.5. The van der Waals surface area contributed by atoms with E-state index in [0.717, 1.165) is 43.9 Å². The van der Waals surface area contributed by atoms with Gasteiger partial charge in [-0.25, -0.2) is 0 Å². The van der Waals surface area contributed by atoms with E-state index in [1.165, 1.54) is 113 Å². The second-order valence-electron chi connectivity index (χ2n) is 19.4. The third-order valence-electron chi connectivity index (χ3n) is 15.9. The van der Waals surface area contributed by atoms with Crippen LogP contribution >= 0.6 is 17.0 Å². The van der Waals surface area contributed by atoms with Gasteiger partial charge in [-0.2, -0.15) is 0 Å². The van der Waals surface area contributed by atoms with Gasteiger partial charge in [0.25, 0.3) is 0 Å². The van der Waals surface area contributed by atoms with Crippen molar-refractivity contribution in [3.63, 3.8) is 0 Å². The van der Waals surface area contributed by atoms with Crippen LogP contribution in [0.2, 0.25) is 12.6 Å². The standard InChI is InChI=1S/2C25H29.C4H11Si.2ClH.Zr/c2*1-3-18(2)21-11-13-22(14-12-21)24-10-6-9-23-16-20(17-25(23)24)15-19-7-4-5-8-19;1-3-4-5-2;;;/h2*6,9-14,16-19H,3-5,7-8,15H2,1-2H3;5H,3-4H2,1-2H3;2*1H;/q;;;;;+2/p-2. The molecule has 0 aromatic heterocycles. The van der Waals surface area contributed by atoms with Gasteiger partial charge in [-0.3, -0.25) is 0 Å². The summed E-state index contributed by atoms with van der Waals surface area (Å²) in [4.78, 5) is 0. The van der Waals surface area contributed by atoms with Gasteiger partial charge >= 0.3 is 364 Å². The molecule has 4 aliphatic carbocycles. The minimum atomic E-state index is -5.04. The molecule has 0 amide bonds. The predicted molar refractivity (Wildman–Crippen MR) is 256 cm³/mol. The van der Waals surface area contributed by atoms with Crippen LogP contribution in [-0.4, -0.2) is 5.92 Å². The molecule has 58 heavy (non-hydrogen) atoms. The molecule has 2 saturated carbocycles. The second kappa shape index (κ2) is 17.8. The van der Waals surface area contributed by atoms with Gasteiger partial charge in [-0.05, 0) is 0 Å². The average molecular weight is 908 g/mol. The molecular weight excluding hydrogens is 839 g/mol. The van der Waals surface area contributed by atoms with Crippen LogP contribution in [0.3, 0.4) is 0 Å². The number of hydrogen-bond acceptors (Lipinski definition) is 0. The van der Waals surface area contributed by atoms with E-state index in [9.17, 15) is 17.0 Å². The van der Waals surface area contributed by atoms with Crippen LogP contribution in [0.5, 0.6) is 0 Å². The Hall–Kier alpha value is -1.96. The van der Waals surface area contributed by atoms with Crippen LogP contribution in [-0.2, 0) is 15.6 Å². The molecule has 0 spiro atoms. The summed E-state index contributed by atoms with van der Waals surface area (Å²) in [5.41, 5.74) is 17.1. The van der Waals surface area contributed by atoms with Gasteiger partial charge in [-0.1, -0.05) is 0 Å². The van der Waals surface area contributed by atoms with Crippen molar-refractivity contribution in [3.8, 4) is 22.3 Å². The summed E-state index contributed by atoms with van der Waals surface area (Å²) in [7, 11) is 18.5. The molecule has 0 bridgehead atoms. The quantitative estimate of drug-likeness (QED) is 0.104. The summed E-state index contributed by atoms with van der Waals surface area (Å²) in [5, 5.41) is 0. The van der Waals surface area contributed by atoms with E-state index in [1.807, 2.05) is 0 Å². The molecule has 307 valence electrons. The first kappa shape index (κ1) is 42.7. The summed E-state index contributed by atoms with van der Waals surface area (Å²) in [6.45, 7) is 14.3. The summed E-state index contributed by atoms with van der Waals surface area (Å²) in [6, 6.07) is 34.5. The Morgan fingerprint density at radius 3 is 1.34 bits per heavy atom. The zero-order chi connectivity index (χ0) is 40.6. The first-order chi connectivity index (χ1) is 28.0. The van der Waals surface area contributed by atoms with Crippen molar-refractivity contribution >= 4 is 35.1 Å². The van der Waals surface area contributed by atoms with Crippen molar-refractivity contribution in [2.24, 2.45) is 11.8 Å². The van der Waals surface area contributed by atoms with E-state index in [4.69, 9.17) is 0 Å². The maximum atomic E-state index is 9.25. The molecule has 0 radical (unpaired) electrons. The van der Waals surface area contributed by atoms with Crippen molar-refractivity contribution in [3.05, 3.63) is 129 Å². The van der Waals surface area contributed by atoms with Gasteiger partial charge < -0.3 is 0 Å². The molecule has 0 N–H and O–H groups in total. The molecule has 0 aliphatic heterocycles. The average Bonchev–Trinajstić information content (AvgIpc) is 4.08. The van der Waals surface area contributed by atoms with Crippen LogP contribution in [0, 0.1) is 11.8 Å². The van der Waals surface area contributed by atoms with Crippen LogP contribution < -0.4 is 0 Å². The van der Waals surface area contributed by atoms with Crippen molar-refractivity contribution < 1.29 is 15.6 Å². The molecule has 4 heteroatoms. The number of hydrogen-bond donors (Lipinski definition) is 0. The maximum absolute atomic E-state index is 9.25. The molecule has 4 aliphatic rings. The Kier molecular flexibility index (Phi) is 13.1. The molecule has 5 unspecified atom stereocenters. The van der Waals surface area contributed by atoms with E-state index in [2.05, 4.69) is 138 Å². The Morgan fingerprint density at radius 1 is 0.586 bits per heavy atom. The minimum absolute atomic E-state index is 0.148. The molecule has 5 atom stereocenters. The summed E-state index contributed by atoms with van der Waals surface area (Å²) >= 11 is -5.04. The van der Waals surface area contributed by atoms with E-state index < -0.39 is 21.5 Å². The summed E-state index contributed by atoms with van der Waals surface area (Å²) < 4.78 is 0.295. The first-order valence-electron chi connectivity index (χ1n) is 23.5. The third-order valence-corrected chi connectivity index (χ3v) is 66.3. The number of fused-ring (bicyclic) bond motifs is 2. The molecule has 4 aromatic rings. The van der Waals surface area contributed by atoms with Gasteiger partial charge in [0.1, 0.15) is 0 Å². The third kappa shape index (κ3) is 7.86. The number of benzene rings is 4. The molecule has 4 aromatic carbocycles. The normalized spacial score (nSPS) is 21.9. The van der Waals surface area contributed by atoms with Crippen LogP contribution in [0.1, 0.15) is 171 Å². The van der Waals surface area contributed by atoms with Crippen molar-refractivity contribution in [2.75, 3.05) is 0 Å². The van der Waals surface area contributed by atoms with Crippen LogP contribution in [0.25, 0.3) is 34.4 Å². The van der Waals surface area contributed by atoms with Gasteiger partial charge in [-0.15, -0.1) is 0 Å². The summed E-state index contributed by atoms with van der Waals surface area (Å²) in [6.07, 6.45) is 21.8. The molecule has 2 fully saturated rings.